The van der Waals surface area contributed by atoms with Crippen LogP contribution in [0.15, 0.2) is 48.8 Å². The molecule has 7 nitrogen and oxygen atoms in total. The number of halogens is 2. The molecule has 3 aliphatic rings. The number of nitrogens with zero attached hydrogens (tertiary/aromatic N) is 3. The van der Waals surface area contributed by atoms with Crippen molar-refractivity contribution in [3.05, 3.63) is 82.1 Å². The lowest BCUT2D eigenvalue weighted by atomic mass is 9.67. The van der Waals surface area contributed by atoms with Crippen LogP contribution >= 0.6 is 11.6 Å². The number of rotatable bonds is 4. The first-order chi connectivity index (χ1) is 19.6. The molecule has 0 bridgehead atoms. The summed E-state index contributed by atoms with van der Waals surface area (Å²) in [6, 6.07) is 13.7. The number of imidazole rings is 1. The molecule has 0 radical (unpaired) electrons. The van der Waals surface area contributed by atoms with Crippen molar-refractivity contribution in [1.82, 2.24) is 9.55 Å². The van der Waals surface area contributed by atoms with Crippen molar-refractivity contribution in [2.45, 2.75) is 61.6 Å². The number of benzene rings is 2. The van der Waals surface area contributed by atoms with Crippen molar-refractivity contribution >= 4 is 23.2 Å². The standard InChI is InChI=1S/C32H30ClFN4O3/c1-38-18-36-28(29(38)30(39)37-24-6-7-27(34)26(33)12-24)20-10-21-13-31(40,14-22(21)11-20)8-9-32(41)15-23(16-32)25-5-3-2-4-19(25)17-35/h2-7,12,18,20-23,40-41H,10-11,13-16H2,1H3,(H,37,39). The van der Waals surface area contributed by atoms with Crippen molar-refractivity contribution in [1.29, 1.82) is 5.26 Å². The fourth-order valence-electron chi connectivity index (χ4n) is 7.04. The molecule has 9 heteroatoms. The average molecular weight is 573 g/mol. The normalized spacial score (nSPS) is 30.0. The van der Waals surface area contributed by atoms with Crippen LogP contribution in [0.5, 0.6) is 0 Å². The van der Waals surface area contributed by atoms with Gasteiger partial charge in [-0.25, -0.2) is 9.37 Å². The molecule has 6 rings (SSSR count). The molecule has 1 heterocycles. The van der Waals surface area contributed by atoms with Crippen LogP contribution in [0.2, 0.25) is 5.02 Å². The van der Waals surface area contributed by atoms with Gasteiger partial charge in [-0.2, -0.15) is 5.26 Å². The summed E-state index contributed by atoms with van der Waals surface area (Å²) in [5, 5.41) is 34.4. The zero-order chi connectivity index (χ0) is 28.9. The van der Waals surface area contributed by atoms with Crippen molar-refractivity contribution in [3.8, 4) is 17.9 Å². The highest BCUT2D eigenvalue weighted by Crippen LogP contribution is 2.54. The van der Waals surface area contributed by atoms with Gasteiger partial charge in [0.2, 0.25) is 0 Å². The number of aliphatic hydroxyl groups is 2. The second-order valence-electron chi connectivity index (χ2n) is 11.9. The number of hydrogen-bond acceptors (Lipinski definition) is 5. The van der Waals surface area contributed by atoms with Gasteiger partial charge in [-0.1, -0.05) is 41.6 Å². The molecule has 0 aliphatic heterocycles. The molecule has 0 saturated heterocycles. The molecule has 3 fully saturated rings. The first-order valence-corrected chi connectivity index (χ1v) is 14.2. The van der Waals surface area contributed by atoms with E-state index in [1.807, 2.05) is 18.2 Å². The Morgan fingerprint density at radius 2 is 1.73 bits per heavy atom. The lowest BCUT2D eigenvalue weighted by Gasteiger charge is -2.40. The summed E-state index contributed by atoms with van der Waals surface area (Å²) in [6.07, 6.45) is 5.11. The maximum absolute atomic E-state index is 13.5. The van der Waals surface area contributed by atoms with Crippen molar-refractivity contribution in [2.24, 2.45) is 18.9 Å². The lowest BCUT2D eigenvalue weighted by molar-refractivity contribution is 0.00458. The van der Waals surface area contributed by atoms with Gasteiger partial charge in [-0.3, -0.25) is 4.79 Å². The largest absolute Gasteiger partial charge is 0.378 e. The summed E-state index contributed by atoms with van der Waals surface area (Å²) in [4.78, 5) is 17.7. The van der Waals surface area contributed by atoms with Crippen LogP contribution in [-0.4, -0.2) is 36.9 Å². The van der Waals surface area contributed by atoms with E-state index in [1.165, 1.54) is 18.2 Å². The van der Waals surface area contributed by atoms with Crippen LogP contribution in [0.3, 0.4) is 0 Å². The van der Waals surface area contributed by atoms with E-state index in [2.05, 4.69) is 28.2 Å². The monoisotopic (exact) mass is 572 g/mol. The fourth-order valence-corrected chi connectivity index (χ4v) is 7.22. The van der Waals surface area contributed by atoms with Crippen molar-refractivity contribution in [2.75, 3.05) is 5.32 Å². The summed E-state index contributed by atoms with van der Waals surface area (Å²) < 4.78 is 15.2. The molecule has 210 valence electrons. The number of carbonyl (C=O) groups excluding carboxylic acids is 1. The van der Waals surface area contributed by atoms with Crippen LogP contribution in [-0.2, 0) is 7.05 Å². The summed E-state index contributed by atoms with van der Waals surface area (Å²) in [7, 11) is 1.77. The van der Waals surface area contributed by atoms with Gasteiger partial charge in [0.25, 0.3) is 5.91 Å². The van der Waals surface area contributed by atoms with Crippen LogP contribution in [0.1, 0.15) is 77.7 Å². The SMILES string of the molecule is Cn1cnc(C2CC3CC(O)(C#CC4(O)CC(c5ccccc5C#N)C4)CC3C2)c1C(=O)Nc1ccc(F)c(Cl)c1. The van der Waals surface area contributed by atoms with Crippen molar-refractivity contribution in [3.63, 3.8) is 0 Å². The number of amides is 1. The van der Waals surface area contributed by atoms with Gasteiger partial charge in [0, 0.05) is 18.7 Å². The smallest absolute Gasteiger partial charge is 0.274 e. The number of anilines is 1. The molecule has 3 N–H and O–H groups in total. The lowest BCUT2D eigenvalue weighted by Crippen LogP contribution is -2.42. The minimum atomic E-state index is -1.16. The molecule has 2 aromatic carbocycles. The van der Waals surface area contributed by atoms with Crippen LogP contribution in [0.25, 0.3) is 0 Å². The predicted octanol–water partition coefficient (Wildman–Crippen LogP) is 5.28. The molecular formula is C32H30ClFN4O3. The highest BCUT2D eigenvalue weighted by molar-refractivity contribution is 6.31. The number of fused-ring (bicyclic) bond motifs is 1. The van der Waals surface area contributed by atoms with E-state index in [-0.39, 0.29) is 34.6 Å². The topological polar surface area (TPSA) is 111 Å². The molecular weight excluding hydrogens is 543 g/mol. The van der Waals surface area contributed by atoms with E-state index in [0.29, 0.717) is 42.6 Å². The molecule has 2 unspecified atom stereocenters. The first kappa shape index (κ1) is 27.5. The molecule has 41 heavy (non-hydrogen) atoms. The van der Waals surface area contributed by atoms with Crippen LogP contribution in [0, 0.1) is 40.8 Å². The van der Waals surface area contributed by atoms with Gasteiger partial charge in [-0.15, -0.1) is 0 Å². The highest BCUT2D eigenvalue weighted by Gasteiger charge is 2.50. The quantitative estimate of drug-likeness (QED) is 0.368. The zero-order valence-corrected chi connectivity index (χ0v) is 23.3. The molecule has 1 amide bonds. The number of nitrogens with one attached hydrogen (secondary N) is 1. The Morgan fingerprint density at radius 3 is 2.39 bits per heavy atom. The van der Waals surface area contributed by atoms with Gasteiger partial charge in [-0.05, 0) is 86.1 Å². The summed E-state index contributed by atoms with van der Waals surface area (Å²) in [6.45, 7) is 0. The fraction of sp³-hybridized carbons (Fsp3) is 0.406. The van der Waals surface area contributed by atoms with Gasteiger partial charge < -0.3 is 20.1 Å². The second kappa shape index (κ2) is 10.3. The minimum Gasteiger partial charge on any atom is -0.378 e. The van der Waals surface area contributed by atoms with Gasteiger partial charge in [0.05, 0.1) is 28.7 Å². The minimum absolute atomic E-state index is 0.0676. The average Bonchev–Trinajstić information content (AvgIpc) is 3.59. The summed E-state index contributed by atoms with van der Waals surface area (Å²) in [5.74, 6) is 5.72. The number of aryl methyl sites for hydroxylation is 1. The van der Waals surface area contributed by atoms with Crippen LogP contribution < -0.4 is 5.32 Å². The number of aromatic nitrogens is 2. The van der Waals surface area contributed by atoms with Gasteiger partial charge in [0.1, 0.15) is 22.7 Å². The number of hydrogen-bond donors (Lipinski definition) is 3. The Hall–Kier alpha value is -3.69. The Kier molecular flexibility index (Phi) is 6.90. The third-order valence-corrected chi connectivity index (χ3v) is 9.29. The van der Waals surface area contributed by atoms with Gasteiger partial charge >= 0.3 is 0 Å². The van der Waals surface area contributed by atoms with E-state index in [9.17, 15) is 24.7 Å². The molecule has 3 saturated carbocycles. The third-order valence-electron chi connectivity index (χ3n) is 9.00. The summed E-state index contributed by atoms with van der Waals surface area (Å²) >= 11 is 5.87. The third kappa shape index (κ3) is 5.24. The highest BCUT2D eigenvalue weighted by atomic mass is 35.5. The first-order valence-electron chi connectivity index (χ1n) is 13.8. The predicted molar refractivity (Wildman–Crippen MR) is 152 cm³/mol. The van der Waals surface area contributed by atoms with E-state index < -0.39 is 17.0 Å². The Bertz CT molecular complexity index is 1610. The maximum atomic E-state index is 13.5. The van der Waals surface area contributed by atoms with Gasteiger partial charge in [0.15, 0.2) is 0 Å². The van der Waals surface area contributed by atoms with E-state index in [1.54, 1.807) is 24.0 Å². The zero-order valence-electron chi connectivity index (χ0n) is 22.6. The molecule has 3 aliphatic carbocycles. The number of nitriles is 1. The number of carbonyl (C=O) groups is 1. The molecule has 2 atom stereocenters. The van der Waals surface area contributed by atoms with E-state index in [0.717, 1.165) is 24.1 Å². The Labute approximate surface area is 243 Å². The Morgan fingerprint density at radius 1 is 1.07 bits per heavy atom. The van der Waals surface area contributed by atoms with Crippen molar-refractivity contribution < 1.29 is 19.4 Å². The van der Waals surface area contributed by atoms with E-state index in [4.69, 9.17) is 11.6 Å². The second-order valence-corrected chi connectivity index (χ2v) is 12.3. The molecule has 1 aromatic heterocycles. The Balaban J connectivity index is 1.10. The maximum Gasteiger partial charge on any atom is 0.274 e. The van der Waals surface area contributed by atoms with E-state index >= 15 is 0 Å². The summed E-state index contributed by atoms with van der Waals surface area (Å²) in [5.41, 5.74) is 0.809. The van der Waals surface area contributed by atoms with Crippen LogP contribution in [0.4, 0.5) is 10.1 Å². The molecule has 0 spiro atoms. The molecule has 3 aromatic rings.